The molecule has 0 aliphatic carbocycles. The Bertz CT molecular complexity index is 505. The van der Waals surface area contributed by atoms with Crippen LogP contribution in [0.4, 0.5) is 5.82 Å². The van der Waals surface area contributed by atoms with Crippen LogP contribution in [0.5, 0.6) is 0 Å². The molecule has 0 unspecified atom stereocenters. The summed E-state index contributed by atoms with van der Waals surface area (Å²) in [4.78, 5) is 2.11. The lowest BCUT2D eigenvalue weighted by molar-refractivity contribution is 0.122. The van der Waals surface area contributed by atoms with Crippen molar-refractivity contribution >= 4 is 11.3 Å². The van der Waals surface area contributed by atoms with Gasteiger partial charge >= 0.3 is 0 Å². The summed E-state index contributed by atoms with van der Waals surface area (Å²) < 4.78 is 15.1. The summed E-state index contributed by atoms with van der Waals surface area (Å²) in [6.07, 6.45) is 1.87. The number of rotatable bonds is 1. The van der Waals surface area contributed by atoms with Gasteiger partial charge in [-0.2, -0.15) is 5.10 Å². The third kappa shape index (κ3) is 1.57. The highest BCUT2D eigenvalue weighted by molar-refractivity contribution is 5.56. The van der Waals surface area contributed by atoms with E-state index in [4.69, 9.17) is 6.11 Å². The first kappa shape index (κ1) is 7.70. The van der Waals surface area contributed by atoms with Crippen molar-refractivity contribution in [3.63, 3.8) is 0 Å². The summed E-state index contributed by atoms with van der Waals surface area (Å²) in [5.74, 6) is 0.759. The minimum absolute atomic E-state index is 0.502. The van der Waals surface area contributed by atoms with Gasteiger partial charge in [0, 0.05) is 25.3 Å². The Kier molecular flexibility index (Phi) is 1.82. The maximum atomic E-state index is 8.09. The van der Waals surface area contributed by atoms with Gasteiger partial charge in [-0.05, 0) is 12.1 Å². The number of fused-ring (bicyclic) bond motifs is 1. The third-order valence-electron chi connectivity index (χ3n) is 2.59. The zero-order chi connectivity index (χ0) is 11.0. The molecule has 2 aromatic heterocycles. The zero-order valence-electron chi connectivity index (χ0n) is 9.39. The monoisotopic (exact) mass is 204 g/mol. The minimum atomic E-state index is 0.502. The van der Waals surface area contributed by atoms with Crippen LogP contribution < -0.4 is 4.90 Å². The zero-order valence-corrected chi connectivity index (χ0v) is 8.39. The molecule has 78 valence electrons. The molecule has 0 amide bonds. The van der Waals surface area contributed by atoms with Gasteiger partial charge in [-0.15, -0.1) is 0 Å². The molecule has 0 radical (unpaired) electrons. The number of ether oxygens (including phenoxy) is 1. The smallest absolute Gasteiger partial charge is 0.151 e. The highest BCUT2D eigenvalue weighted by Crippen LogP contribution is 2.16. The molecule has 4 nitrogen and oxygen atoms in total. The molecule has 1 fully saturated rings. The maximum absolute atomic E-state index is 8.09. The Morgan fingerprint density at radius 3 is 3.00 bits per heavy atom. The Morgan fingerprint density at radius 1 is 1.33 bits per heavy atom. The maximum Gasteiger partial charge on any atom is 0.151 e. The van der Waals surface area contributed by atoms with Crippen molar-refractivity contribution in [2.75, 3.05) is 31.2 Å². The molecule has 0 aromatic carbocycles. The molecule has 0 spiro atoms. The average Bonchev–Trinajstić information content (AvgIpc) is 2.69. The second-order valence-corrected chi connectivity index (χ2v) is 3.58. The van der Waals surface area contributed by atoms with Crippen LogP contribution in [0.25, 0.3) is 5.52 Å². The second kappa shape index (κ2) is 3.55. The molecule has 0 atom stereocenters. The van der Waals surface area contributed by atoms with Gasteiger partial charge in [-0.3, -0.25) is 0 Å². The van der Waals surface area contributed by atoms with E-state index in [1.54, 1.807) is 4.52 Å². The number of pyridine rings is 1. The summed E-state index contributed by atoms with van der Waals surface area (Å²) in [5, 5.41) is 4.44. The normalized spacial score (nSPS) is 18.1. The highest BCUT2D eigenvalue weighted by atomic mass is 16.5. The minimum Gasteiger partial charge on any atom is -0.378 e. The highest BCUT2D eigenvalue weighted by Gasteiger charge is 2.13. The van der Waals surface area contributed by atoms with Crippen LogP contribution in [-0.2, 0) is 4.74 Å². The van der Waals surface area contributed by atoms with Gasteiger partial charge in [-0.1, -0.05) is 6.07 Å². The molecule has 0 saturated carbocycles. The van der Waals surface area contributed by atoms with E-state index in [2.05, 4.69) is 10.00 Å². The van der Waals surface area contributed by atoms with Gasteiger partial charge in [-0.25, -0.2) is 4.52 Å². The molecule has 2 aromatic rings. The van der Waals surface area contributed by atoms with Crippen molar-refractivity contribution in [2.45, 2.75) is 0 Å². The number of morpholine rings is 1. The van der Waals surface area contributed by atoms with Crippen LogP contribution in [0.1, 0.15) is 1.37 Å². The number of nitrogens with zero attached hydrogens (tertiary/aromatic N) is 3. The molecule has 3 heterocycles. The molecular weight excluding hydrogens is 190 g/mol. The van der Waals surface area contributed by atoms with Gasteiger partial charge in [0.2, 0.25) is 0 Å². The molecule has 4 heteroatoms. The lowest BCUT2D eigenvalue weighted by Gasteiger charge is -2.26. The fourth-order valence-corrected chi connectivity index (χ4v) is 1.78. The lowest BCUT2D eigenvalue weighted by Crippen LogP contribution is -2.36. The van der Waals surface area contributed by atoms with Crippen molar-refractivity contribution in [2.24, 2.45) is 0 Å². The summed E-state index contributed by atoms with van der Waals surface area (Å²) in [5.41, 5.74) is 0.851. The van der Waals surface area contributed by atoms with E-state index in [0.29, 0.717) is 19.3 Å². The third-order valence-corrected chi connectivity index (χ3v) is 2.59. The molecule has 1 aliphatic heterocycles. The Morgan fingerprint density at radius 2 is 2.20 bits per heavy atom. The number of aromatic nitrogens is 2. The van der Waals surface area contributed by atoms with E-state index in [0.717, 1.165) is 24.4 Å². The van der Waals surface area contributed by atoms with Gasteiger partial charge in [0.05, 0.1) is 20.1 Å². The van der Waals surface area contributed by atoms with Crippen LogP contribution >= 0.6 is 0 Å². The topological polar surface area (TPSA) is 29.8 Å². The van der Waals surface area contributed by atoms with Crippen LogP contribution in [-0.4, -0.2) is 35.9 Å². The van der Waals surface area contributed by atoms with E-state index in [9.17, 15) is 0 Å². The molecule has 0 bridgehead atoms. The lowest BCUT2D eigenvalue weighted by atomic mass is 10.4. The van der Waals surface area contributed by atoms with Crippen LogP contribution in [0, 0.1) is 0 Å². The van der Waals surface area contributed by atoms with E-state index < -0.39 is 0 Å². The summed E-state index contributed by atoms with van der Waals surface area (Å²) in [6.45, 7) is 3.06. The van der Waals surface area contributed by atoms with E-state index >= 15 is 0 Å². The van der Waals surface area contributed by atoms with E-state index in [1.807, 2.05) is 24.4 Å². The summed E-state index contributed by atoms with van der Waals surface area (Å²) in [6, 6.07) is 6.27. The fraction of sp³-hybridized carbons (Fsp3) is 0.364. The van der Waals surface area contributed by atoms with Crippen molar-refractivity contribution < 1.29 is 6.11 Å². The van der Waals surface area contributed by atoms with Crippen molar-refractivity contribution in [3.8, 4) is 0 Å². The summed E-state index contributed by atoms with van der Waals surface area (Å²) in [7, 11) is 0. The first-order valence-electron chi connectivity index (χ1n) is 5.63. The van der Waals surface area contributed by atoms with E-state index in [-0.39, 0.29) is 0 Å². The summed E-state index contributed by atoms with van der Waals surface area (Å²) >= 11 is 0. The predicted octanol–water partition coefficient (Wildman–Crippen LogP) is 1.17. The molecule has 1 saturated heterocycles. The van der Waals surface area contributed by atoms with Crippen LogP contribution in [0.2, 0.25) is 0 Å². The van der Waals surface area contributed by atoms with Crippen LogP contribution in [0.15, 0.2) is 30.4 Å². The number of hydrogen-bond donors (Lipinski definition) is 0. The Balaban J connectivity index is 2.05. The number of anilines is 1. The van der Waals surface area contributed by atoms with Gasteiger partial charge in [0.15, 0.2) is 5.82 Å². The average molecular weight is 204 g/mol. The first-order chi connectivity index (χ1) is 7.86. The standard InChI is InChI=1S/C11H13N3O/c1-2-4-14-10(3-1)9-11(12-14)13-5-7-15-8-6-13/h1-4,9H,5-8H2/i9D. The Hall–Kier alpha value is -1.55. The first-order valence-corrected chi connectivity index (χ1v) is 5.13. The van der Waals surface area contributed by atoms with Gasteiger partial charge in [0.25, 0.3) is 0 Å². The SMILES string of the molecule is [2H]c1c(N2CCOCC2)nn2ccccc12. The molecule has 0 N–H and O–H groups in total. The van der Waals surface area contributed by atoms with Crippen molar-refractivity contribution in [3.05, 3.63) is 30.4 Å². The second-order valence-electron chi connectivity index (χ2n) is 3.58. The molecule has 3 rings (SSSR count). The quantitative estimate of drug-likeness (QED) is 0.698. The Labute approximate surface area is 89.5 Å². The fourth-order valence-electron chi connectivity index (χ4n) is 1.78. The largest absolute Gasteiger partial charge is 0.378 e. The van der Waals surface area contributed by atoms with Gasteiger partial charge < -0.3 is 9.64 Å². The molecule has 15 heavy (non-hydrogen) atoms. The number of hydrogen-bond acceptors (Lipinski definition) is 3. The van der Waals surface area contributed by atoms with E-state index in [1.165, 1.54) is 0 Å². The molecular formula is C11H13N3O. The predicted molar refractivity (Wildman–Crippen MR) is 58.2 cm³/mol. The molecule has 1 aliphatic rings. The van der Waals surface area contributed by atoms with Gasteiger partial charge in [0.1, 0.15) is 0 Å². The van der Waals surface area contributed by atoms with Crippen molar-refractivity contribution in [1.82, 2.24) is 9.61 Å². The van der Waals surface area contributed by atoms with Crippen molar-refractivity contribution in [1.29, 1.82) is 0 Å². The van der Waals surface area contributed by atoms with Crippen LogP contribution in [0.3, 0.4) is 0 Å².